The first-order valence-electron chi connectivity index (χ1n) is 6.90. The van der Waals surface area contributed by atoms with Crippen LogP contribution in [0, 0.1) is 0 Å². The molecule has 0 atom stereocenters. The molecule has 118 valence electrons. The summed E-state index contributed by atoms with van der Waals surface area (Å²) in [5.74, 6) is 0.630. The second kappa shape index (κ2) is 8.34. The van der Waals surface area contributed by atoms with Crippen molar-refractivity contribution in [2.75, 3.05) is 31.7 Å². The third kappa shape index (κ3) is 8.02. The van der Waals surface area contributed by atoms with Gasteiger partial charge in [0.1, 0.15) is 24.6 Å². The van der Waals surface area contributed by atoms with Crippen molar-refractivity contribution in [3.8, 4) is 5.75 Å². The van der Waals surface area contributed by atoms with Gasteiger partial charge < -0.3 is 20.1 Å². The average molecular weight is 298 g/mol. The van der Waals surface area contributed by atoms with Crippen LogP contribution >= 0.6 is 0 Å². The third-order valence-corrected chi connectivity index (χ3v) is 2.32. The quantitative estimate of drug-likeness (QED) is 0.760. The van der Waals surface area contributed by atoms with Gasteiger partial charge in [-0.3, -0.25) is 0 Å². The van der Waals surface area contributed by atoms with Gasteiger partial charge in [-0.25, -0.2) is 9.18 Å². The van der Waals surface area contributed by atoms with E-state index in [1.165, 1.54) is 0 Å². The van der Waals surface area contributed by atoms with Crippen molar-refractivity contribution in [1.82, 2.24) is 5.32 Å². The number of carbonyl (C=O) groups is 1. The van der Waals surface area contributed by atoms with Crippen LogP contribution in [0.5, 0.6) is 5.75 Å². The fraction of sp³-hybridized carbons (Fsp3) is 0.533. The lowest BCUT2D eigenvalue weighted by atomic mass is 10.2. The Bertz CT molecular complexity index is 430. The summed E-state index contributed by atoms with van der Waals surface area (Å²) in [4.78, 5) is 11.4. The second-order valence-corrected chi connectivity index (χ2v) is 5.42. The van der Waals surface area contributed by atoms with Gasteiger partial charge in [-0.2, -0.15) is 0 Å². The van der Waals surface area contributed by atoms with E-state index in [4.69, 9.17) is 9.47 Å². The van der Waals surface area contributed by atoms with Crippen molar-refractivity contribution < 1.29 is 18.7 Å². The number of amides is 1. The molecule has 0 aliphatic carbocycles. The van der Waals surface area contributed by atoms with E-state index in [0.717, 1.165) is 5.69 Å². The number of alkyl carbamates (subject to hydrolysis) is 1. The number of benzene rings is 1. The van der Waals surface area contributed by atoms with Crippen LogP contribution in [0.25, 0.3) is 0 Å². The molecule has 0 radical (unpaired) electrons. The smallest absolute Gasteiger partial charge is 0.407 e. The zero-order valence-corrected chi connectivity index (χ0v) is 12.7. The maximum atomic E-state index is 11.9. The van der Waals surface area contributed by atoms with Gasteiger partial charge in [0.25, 0.3) is 0 Å². The molecule has 0 bridgehead atoms. The molecule has 1 aromatic rings. The molecular weight excluding hydrogens is 275 g/mol. The summed E-state index contributed by atoms with van der Waals surface area (Å²) in [7, 11) is 0. The van der Waals surface area contributed by atoms with Gasteiger partial charge in [-0.1, -0.05) is 0 Å². The number of nitrogens with one attached hydrogen (secondary N) is 2. The highest BCUT2D eigenvalue weighted by Crippen LogP contribution is 2.15. The lowest BCUT2D eigenvalue weighted by Gasteiger charge is -2.19. The first-order chi connectivity index (χ1) is 9.90. The molecule has 5 nitrogen and oxygen atoms in total. The molecule has 0 saturated carbocycles. The van der Waals surface area contributed by atoms with Gasteiger partial charge >= 0.3 is 6.09 Å². The van der Waals surface area contributed by atoms with E-state index >= 15 is 0 Å². The van der Waals surface area contributed by atoms with E-state index in [1.807, 2.05) is 32.9 Å². The number of halogens is 1. The van der Waals surface area contributed by atoms with Crippen molar-refractivity contribution in [1.29, 1.82) is 0 Å². The predicted octanol–water partition coefficient (Wildman–Crippen LogP) is 2.97. The van der Waals surface area contributed by atoms with E-state index in [0.29, 0.717) is 18.8 Å². The topological polar surface area (TPSA) is 59.6 Å². The lowest BCUT2D eigenvalue weighted by Crippen LogP contribution is -2.34. The van der Waals surface area contributed by atoms with E-state index in [1.54, 1.807) is 12.1 Å². The van der Waals surface area contributed by atoms with Crippen LogP contribution in [0.4, 0.5) is 14.9 Å². The van der Waals surface area contributed by atoms with Crippen LogP contribution in [-0.2, 0) is 4.74 Å². The van der Waals surface area contributed by atoms with E-state index in [2.05, 4.69) is 10.6 Å². The fourth-order valence-electron chi connectivity index (χ4n) is 1.51. The van der Waals surface area contributed by atoms with Crippen LogP contribution in [0.1, 0.15) is 20.8 Å². The number of rotatable bonds is 7. The van der Waals surface area contributed by atoms with Crippen molar-refractivity contribution >= 4 is 11.8 Å². The highest BCUT2D eigenvalue weighted by atomic mass is 19.1. The molecule has 0 aromatic heterocycles. The van der Waals surface area contributed by atoms with Gasteiger partial charge in [-0.05, 0) is 45.0 Å². The van der Waals surface area contributed by atoms with Crippen molar-refractivity contribution in [2.24, 2.45) is 0 Å². The summed E-state index contributed by atoms with van der Waals surface area (Å²) in [5, 5.41) is 5.80. The Labute approximate surface area is 124 Å². The normalized spacial score (nSPS) is 10.9. The molecule has 1 aromatic carbocycles. The van der Waals surface area contributed by atoms with Crippen molar-refractivity contribution in [3.05, 3.63) is 24.3 Å². The minimum atomic E-state index is -0.504. The molecule has 21 heavy (non-hydrogen) atoms. The Morgan fingerprint density at radius 2 is 1.86 bits per heavy atom. The molecule has 0 unspecified atom stereocenters. The zero-order valence-electron chi connectivity index (χ0n) is 12.7. The van der Waals surface area contributed by atoms with Crippen LogP contribution < -0.4 is 15.4 Å². The molecule has 0 spiro atoms. The van der Waals surface area contributed by atoms with Gasteiger partial charge in [0.2, 0.25) is 0 Å². The summed E-state index contributed by atoms with van der Waals surface area (Å²) in [6, 6.07) is 7.20. The van der Waals surface area contributed by atoms with Crippen LogP contribution in [0.3, 0.4) is 0 Å². The Morgan fingerprint density at radius 3 is 2.43 bits per heavy atom. The summed E-state index contributed by atoms with van der Waals surface area (Å²) in [6.45, 7) is 6.04. The van der Waals surface area contributed by atoms with Crippen molar-refractivity contribution in [3.63, 3.8) is 0 Å². The van der Waals surface area contributed by atoms with Crippen LogP contribution in [0.2, 0.25) is 0 Å². The SMILES string of the molecule is CC(C)(C)OC(=O)NCCNc1ccc(OCCF)cc1. The minimum absolute atomic E-state index is 0.0621. The molecule has 0 fully saturated rings. The van der Waals surface area contributed by atoms with Gasteiger partial charge in [-0.15, -0.1) is 0 Å². The van der Waals surface area contributed by atoms with Gasteiger partial charge in [0, 0.05) is 18.8 Å². The summed E-state index contributed by atoms with van der Waals surface area (Å²) in [5.41, 5.74) is 0.404. The molecule has 1 rings (SSSR count). The number of hydrogen-bond donors (Lipinski definition) is 2. The molecule has 0 aliphatic rings. The molecule has 2 N–H and O–H groups in total. The van der Waals surface area contributed by atoms with Gasteiger partial charge in [0.05, 0.1) is 0 Å². The zero-order chi connectivity index (χ0) is 15.7. The Hall–Kier alpha value is -1.98. The minimum Gasteiger partial charge on any atom is -0.491 e. The Morgan fingerprint density at radius 1 is 1.19 bits per heavy atom. The van der Waals surface area contributed by atoms with E-state index in [9.17, 15) is 9.18 Å². The third-order valence-electron chi connectivity index (χ3n) is 2.32. The molecule has 1 amide bonds. The van der Waals surface area contributed by atoms with Crippen molar-refractivity contribution in [2.45, 2.75) is 26.4 Å². The first kappa shape index (κ1) is 17.1. The van der Waals surface area contributed by atoms with Crippen LogP contribution in [0.15, 0.2) is 24.3 Å². The summed E-state index contributed by atoms with van der Waals surface area (Å²) in [6.07, 6.45) is -0.431. The number of anilines is 1. The summed E-state index contributed by atoms with van der Waals surface area (Å²) >= 11 is 0. The number of carbonyl (C=O) groups excluding carboxylic acids is 1. The molecule has 6 heteroatoms. The Kier molecular flexibility index (Phi) is 6.78. The highest BCUT2D eigenvalue weighted by molar-refractivity contribution is 5.67. The average Bonchev–Trinajstić information content (AvgIpc) is 2.41. The number of ether oxygens (including phenoxy) is 2. The first-order valence-corrected chi connectivity index (χ1v) is 6.90. The monoisotopic (exact) mass is 298 g/mol. The maximum Gasteiger partial charge on any atom is 0.407 e. The van der Waals surface area contributed by atoms with Crippen LogP contribution in [-0.4, -0.2) is 38.1 Å². The molecule has 0 aliphatic heterocycles. The summed E-state index contributed by atoms with van der Waals surface area (Å²) < 4.78 is 22.2. The standard InChI is InChI=1S/C15H23FN2O3/c1-15(2,3)21-14(19)18-10-9-17-12-4-6-13(7-5-12)20-11-8-16/h4-7,17H,8-11H2,1-3H3,(H,18,19). The van der Waals surface area contributed by atoms with Gasteiger partial charge in [0.15, 0.2) is 0 Å². The Balaban J connectivity index is 2.22. The molecular formula is C15H23FN2O3. The maximum absolute atomic E-state index is 11.9. The molecule has 0 saturated heterocycles. The van der Waals surface area contributed by atoms with E-state index in [-0.39, 0.29) is 6.61 Å². The fourth-order valence-corrected chi connectivity index (χ4v) is 1.51. The largest absolute Gasteiger partial charge is 0.491 e. The second-order valence-electron chi connectivity index (χ2n) is 5.42. The molecule has 0 heterocycles. The predicted molar refractivity (Wildman–Crippen MR) is 80.6 cm³/mol. The number of alkyl halides is 1. The van der Waals surface area contributed by atoms with E-state index < -0.39 is 18.4 Å². The highest BCUT2D eigenvalue weighted by Gasteiger charge is 2.15. The number of hydrogen-bond acceptors (Lipinski definition) is 4. The lowest BCUT2D eigenvalue weighted by molar-refractivity contribution is 0.0530.